The quantitative estimate of drug-likeness (QED) is 0.250. The Balaban J connectivity index is 1.85. The van der Waals surface area contributed by atoms with E-state index in [0.29, 0.717) is 29.2 Å². The second-order valence-corrected chi connectivity index (χ2v) is 10.3. The number of carbonyl (C=O) groups is 1. The number of oxime groups is 1. The first-order valence-electron chi connectivity index (χ1n) is 11.5. The van der Waals surface area contributed by atoms with Crippen LogP contribution in [0.4, 0.5) is 0 Å². The second-order valence-electron chi connectivity index (χ2n) is 10.3. The molecule has 2 N–H and O–H groups in total. The minimum Gasteiger partial charge on any atom is -0.488 e. The normalized spacial score (nSPS) is 16.5. The third-order valence-electron chi connectivity index (χ3n) is 6.95. The third kappa shape index (κ3) is 4.56. The molecule has 0 heterocycles. The van der Waals surface area contributed by atoms with Crippen molar-refractivity contribution in [2.45, 2.75) is 58.0 Å². The minimum absolute atomic E-state index is 0.00605. The van der Waals surface area contributed by atoms with Gasteiger partial charge in [0.25, 0.3) is 0 Å². The first-order chi connectivity index (χ1) is 16.1. The number of rotatable bonds is 6. The molecule has 0 saturated heterocycles. The van der Waals surface area contributed by atoms with Gasteiger partial charge in [-0.1, -0.05) is 75.3 Å². The van der Waals surface area contributed by atoms with E-state index in [-0.39, 0.29) is 16.4 Å². The van der Waals surface area contributed by atoms with Crippen molar-refractivity contribution >= 4 is 11.7 Å². The predicted molar refractivity (Wildman–Crippen MR) is 133 cm³/mol. The van der Waals surface area contributed by atoms with Crippen molar-refractivity contribution < 1.29 is 19.8 Å². The highest BCUT2D eigenvalue weighted by molar-refractivity contribution is 6.14. The van der Waals surface area contributed by atoms with E-state index in [1.807, 2.05) is 30.3 Å². The van der Waals surface area contributed by atoms with Crippen molar-refractivity contribution in [1.29, 1.82) is 0 Å². The molecule has 34 heavy (non-hydrogen) atoms. The van der Waals surface area contributed by atoms with Gasteiger partial charge in [-0.3, -0.25) is 0 Å². The Bertz CT molecular complexity index is 1220. The molecule has 5 nitrogen and oxygen atoms in total. The molecule has 4 rings (SSSR count). The average Bonchev–Trinajstić information content (AvgIpc) is 2.82. The summed E-state index contributed by atoms with van der Waals surface area (Å²) in [5.41, 5.74) is 5.29. The van der Waals surface area contributed by atoms with Gasteiger partial charge in [-0.2, -0.15) is 0 Å². The lowest BCUT2D eigenvalue weighted by Gasteiger charge is -2.42. The van der Waals surface area contributed by atoms with Crippen molar-refractivity contribution in [3.63, 3.8) is 0 Å². The maximum absolute atomic E-state index is 11.3. The van der Waals surface area contributed by atoms with Crippen LogP contribution in [0.2, 0.25) is 0 Å². The van der Waals surface area contributed by atoms with E-state index in [1.165, 1.54) is 23.3 Å². The van der Waals surface area contributed by atoms with Crippen LogP contribution < -0.4 is 4.74 Å². The van der Waals surface area contributed by atoms with Gasteiger partial charge in [0.1, 0.15) is 18.1 Å². The SMILES string of the molecule is CC1(C)CCC(C)(C)c2cc(/C(=N\O)c3ccc(C(=O)O)cc3)c(OCc3ccccc3)cc21. The molecular weight excluding hydrogens is 426 g/mol. The highest BCUT2D eigenvalue weighted by Crippen LogP contribution is 2.48. The molecule has 0 saturated carbocycles. The van der Waals surface area contributed by atoms with Crippen LogP contribution in [0, 0.1) is 0 Å². The summed E-state index contributed by atoms with van der Waals surface area (Å²) in [5, 5.41) is 23.0. The van der Waals surface area contributed by atoms with E-state index in [9.17, 15) is 15.1 Å². The number of hydrogen-bond acceptors (Lipinski definition) is 4. The molecule has 0 aliphatic heterocycles. The maximum atomic E-state index is 11.3. The number of nitrogens with zero attached hydrogens (tertiary/aromatic N) is 1. The zero-order chi connectivity index (χ0) is 24.5. The van der Waals surface area contributed by atoms with Crippen LogP contribution in [-0.2, 0) is 17.4 Å². The Morgan fingerprint density at radius 1 is 0.882 bits per heavy atom. The Hall–Kier alpha value is -3.60. The summed E-state index contributed by atoms with van der Waals surface area (Å²) in [4.78, 5) is 11.3. The molecule has 0 amide bonds. The summed E-state index contributed by atoms with van der Waals surface area (Å²) in [6.45, 7) is 9.38. The predicted octanol–water partition coefficient (Wildman–Crippen LogP) is 6.54. The van der Waals surface area contributed by atoms with Crippen molar-refractivity contribution in [3.8, 4) is 5.75 Å². The van der Waals surface area contributed by atoms with E-state index in [4.69, 9.17) is 4.74 Å². The summed E-state index contributed by atoms with van der Waals surface area (Å²) in [5.74, 6) is -0.359. The largest absolute Gasteiger partial charge is 0.488 e. The molecule has 176 valence electrons. The fourth-order valence-corrected chi connectivity index (χ4v) is 4.67. The van der Waals surface area contributed by atoms with Crippen LogP contribution >= 0.6 is 0 Å². The summed E-state index contributed by atoms with van der Waals surface area (Å²) >= 11 is 0. The Morgan fingerprint density at radius 3 is 2.00 bits per heavy atom. The molecule has 3 aromatic carbocycles. The smallest absolute Gasteiger partial charge is 0.335 e. The van der Waals surface area contributed by atoms with Crippen LogP contribution in [-0.4, -0.2) is 22.0 Å². The molecule has 0 fully saturated rings. The lowest BCUT2D eigenvalue weighted by molar-refractivity contribution is 0.0697. The van der Waals surface area contributed by atoms with Gasteiger partial charge in [0.2, 0.25) is 0 Å². The number of ether oxygens (including phenoxy) is 1. The van der Waals surface area contributed by atoms with Gasteiger partial charge in [-0.25, -0.2) is 4.79 Å². The van der Waals surface area contributed by atoms with E-state index in [2.05, 4.69) is 45.0 Å². The molecule has 0 radical (unpaired) electrons. The van der Waals surface area contributed by atoms with Gasteiger partial charge in [-0.15, -0.1) is 0 Å². The molecule has 3 aromatic rings. The molecule has 1 aliphatic rings. The topological polar surface area (TPSA) is 79.1 Å². The van der Waals surface area contributed by atoms with Crippen LogP contribution in [0.1, 0.15) is 78.7 Å². The molecule has 0 atom stereocenters. The van der Waals surface area contributed by atoms with E-state index in [1.54, 1.807) is 12.1 Å². The Labute approximate surface area is 200 Å². The first kappa shape index (κ1) is 23.6. The fourth-order valence-electron chi connectivity index (χ4n) is 4.67. The Morgan fingerprint density at radius 2 is 1.44 bits per heavy atom. The number of aromatic carboxylic acids is 1. The van der Waals surface area contributed by atoms with Crippen LogP contribution in [0.15, 0.2) is 71.9 Å². The van der Waals surface area contributed by atoms with Crippen molar-refractivity contribution in [1.82, 2.24) is 0 Å². The number of carboxylic acids is 1. The van der Waals surface area contributed by atoms with E-state index < -0.39 is 5.97 Å². The Kier molecular flexibility index (Phi) is 6.22. The van der Waals surface area contributed by atoms with Crippen molar-refractivity contribution in [3.05, 3.63) is 100 Å². The monoisotopic (exact) mass is 457 g/mol. The molecule has 0 aromatic heterocycles. The van der Waals surface area contributed by atoms with E-state index >= 15 is 0 Å². The summed E-state index contributed by atoms with van der Waals surface area (Å²) in [6.07, 6.45) is 2.12. The zero-order valence-corrected chi connectivity index (χ0v) is 20.1. The lowest BCUT2D eigenvalue weighted by atomic mass is 9.62. The van der Waals surface area contributed by atoms with Crippen molar-refractivity contribution in [2.75, 3.05) is 0 Å². The minimum atomic E-state index is -1.00. The van der Waals surface area contributed by atoms with Crippen LogP contribution in [0.5, 0.6) is 5.75 Å². The summed E-state index contributed by atoms with van der Waals surface area (Å²) in [6, 6.07) is 20.5. The van der Waals surface area contributed by atoms with Crippen LogP contribution in [0.25, 0.3) is 0 Å². The van der Waals surface area contributed by atoms with Crippen molar-refractivity contribution in [2.24, 2.45) is 5.16 Å². The van der Waals surface area contributed by atoms with Crippen LogP contribution in [0.3, 0.4) is 0 Å². The van der Waals surface area contributed by atoms with Gasteiger partial charge < -0.3 is 15.1 Å². The lowest BCUT2D eigenvalue weighted by Crippen LogP contribution is -2.34. The van der Waals surface area contributed by atoms with Gasteiger partial charge in [0, 0.05) is 11.1 Å². The van der Waals surface area contributed by atoms with Gasteiger partial charge >= 0.3 is 5.97 Å². The zero-order valence-electron chi connectivity index (χ0n) is 20.1. The number of benzene rings is 3. The molecule has 0 bridgehead atoms. The third-order valence-corrected chi connectivity index (χ3v) is 6.95. The molecule has 0 spiro atoms. The second kappa shape index (κ2) is 8.98. The molecule has 1 aliphatic carbocycles. The standard InChI is InChI=1S/C29H31NO4/c1-28(2)14-15-29(3,4)24-17-25(34-18-19-8-6-5-7-9-19)22(16-23(24)28)26(30-33)20-10-12-21(13-11-20)27(31)32/h5-13,16-17,33H,14-15,18H2,1-4H3,(H,31,32)/b30-26-. The summed E-state index contributed by atoms with van der Waals surface area (Å²) in [7, 11) is 0. The maximum Gasteiger partial charge on any atom is 0.335 e. The molecular formula is C29H31NO4. The fraction of sp³-hybridized carbons (Fsp3) is 0.310. The number of fused-ring (bicyclic) bond motifs is 1. The van der Waals surface area contributed by atoms with Gasteiger partial charge in [0.15, 0.2) is 0 Å². The first-order valence-corrected chi connectivity index (χ1v) is 11.5. The van der Waals surface area contributed by atoms with E-state index in [0.717, 1.165) is 18.4 Å². The highest BCUT2D eigenvalue weighted by Gasteiger charge is 2.38. The van der Waals surface area contributed by atoms with Gasteiger partial charge in [-0.05, 0) is 64.6 Å². The average molecular weight is 458 g/mol. The number of hydrogen-bond donors (Lipinski definition) is 2. The molecule has 5 heteroatoms. The highest BCUT2D eigenvalue weighted by atomic mass is 16.5. The summed E-state index contributed by atoms with van der Waals surface area (Å²) < 4.78 is 6.33. The molecule has 0 unspecified atom stereocenters. The van der Waals surface area contributed by atoms with Gasteiger partial charge in [0.05, 0.1) is 5.56 Å². The number of carboxylic acid groups (broad SMARTS) is 1.